The van der Waals surface area contributed by atoms with E-state index in [0.29, 0.717) is 25.0 Å². The lowest BCUT2D eigenvalue weighted by Gasteiger charge is -2.32. The maximum absolute atomic E-state index is 12.6. The third kappa shape index (κ3) is 3.82. The molecule has 0 bridgehead atoms. The van der Waals surface area contributed by atoms with Gasteiger partial charge in [-0.15, -0.1) is 6.42 Å². The van der Waals surface area contributed by atoms with E-state index in [-0.39, 0.29) is 11.9 Å². The lowest BCUT2D eigenvalue weighted by atomic mass is 9.86. The molecule has 1 N–H and O–H groups in total. The molecule has 1 aromatic carbocycles. The molecule has 0 aliphatic heterocycles. The number of amides is 1. The minimum Gasteiger partial charge on any atom is -0.352 e. The maximum atomic E-state index is 12.6. The number of rotatable bonds is 5. The first-order valence-corrected chi connectivity index (χ1v) is 9.23. The van der Waals surface area contributed by atoms with Crippen LogP contribution in [0.15, 0.2) is 24.3 Å². The molecule has 3 heteroatoms. The second kappa shape index (κ2) is 7.85. The van der Waals surface area contributed by atoms with E-state index in [4.69, 9.17) is 6.42 Å². The van der Waals surface area contributed by atoms with E-state index in [0.717, 1.165) is 19.3 Å². The highest BCUT2D eigenvalue weighted by Gasteiger charge is 2.29. The summed E-state index contributed by atoms with van der Waals surface area (Å²) < 4.78 is 0. The monoisotopic (exact) mass is 324 g/mol. The molecule has 0 radical (unpaired) electrons. The molecule has 0 spiro atoms. The van der Waals surface area contributed by atoms with Crippen LogP contribution in [0.4, 0.5) is 0 Å². The summed E-state index contributed by atoms with van der Waals surface area (Å²) in [4.78, 5) is 14.8. The van der Waals surface area contributed by atoms with Crippen molar-refractivity contribution in [2.75, 3.05) is 13.1 Å². The van der Waals surface area contributed by atoms with Gasteiger partial charge < -0.3 is 5.32 Å². The number of hydrogen-bond donors (Lipinski definition) is 1. The van der Waals surface area contributed by atoms with Gasteiger partial charge in [0.05, 0.1) is 13.1 Å². The Morgan fingerprint density at radius 1 is 1.29 bits per heavy atom. The minimum atomic E-state index is 0.119. The molecule has 3 atom stereocenters. The number of nitrogens with one attached hydrogen (secondary N) is 1. The Bertz CT molecular complexity index is 619. The summed E-state index contributed by atoms with van der Waals surface area (Å²) in [6, 6.07) is 9.13. The topological polar surface area (TPSA) is 32.3 Å². The number of terminal acetylenes is 1. The van der Waals surface area contributed by atoms with Crippen LogP contribution in [-0.2, 0) is 11.2 Å². The summed E-state index contributed by atoms with van der Waals surface area (Å²) in [6.07, 6.45) is 12.5. The van der Waals surface area contributed by atoms with Crippen LogP contribution in [0.1, 0.15) is 56.2 Å². The van der Waals surface area contributed by atoms with Crippen molar-refractivity contribution in [2.24, 2.45) is 5.92 Å². The molecule has 128 valence electrons. The molecule has 1 saturated carbocycles. The van der Waals surface area contributed by atoms with Gasteiger partial charge in [0.1, 0.15) is 0 Å². The van der Waals surface area contributed by atoms with Gasteiger partial charge in [-0.25, -0.2) is 0 Å². The number of hydrogen-bond acceptors (Lipinski definition) is 2. The Morgan fingerprint density at radius 3 is 2.88 bits per heavy atom. The lowest BCUT2D eigenvalue weighted by molar-refractivity contribution is -0.124. The molecule has 1 amide bonds. The van der Waals surface area contributed by atoms with Crippen molar-refractivity contribution >= 4 is 5.91 Å². The van der Waals surface area contributed by atoms with Crippen LogP contribution in [0.2, 0.25) is 0 Å². The van der Waals surface area contributed by atoms with Crippen molar-refractivity contribution in [2.45, 2.75) is 57.5 Å². The van der Waals surface area contributed by atoms with Crippen LogP contribution >= 0.6 is 0 Å². The smallest absolute Gasteiger partial charge is 0.234 e. The second-order valence-corrected chi connectivity index (χ2v) is 7.30. The Balaban J connectivity index is 1.64. The van der Waals surface area contributed by atoms with Gasteiger partial charge in [0.2, 0.25) is 5.91 Å². The van der Waals surface area contributed by atoms with Crippen molar-refractivity contribution < 1.29 is 4.79 Å². The Labute approximate surface area is 145 Å². The standard InChI is InChI=1S/C21H28N2O/c1-3-14-23(20-13-12-17-9-5-6-10-18(17)20)15-21(24)22-19-11-7-4-8-16(19)2/h1,5-6,9-10,16,19-20H,4,7-8,11-15H2,2H3,(H,22,24)/t16-,19-,20-/m1/s1. The van der Waals surface area contributed by atoms with Crippen LogP contribution in [0, 0.1) is 18.3 Å². The number of carbonyl (C=O) groups excluding carboxylic acids is 1. The third-order valence-corrected chi connectivity index (χ3v) is 5.64. The largest absolute Gasteiger partial charge is 0.352 e. The quantitative estimate of drug-likeness (QED) is 0.843. The molecular weight excluding hydrogens is 296 g/mol. The van der Waals surface area contributed by atoms with Crippen molar-refractivity contribution in [3.8, 4) is 12.3 Å². The SMILES string of the molecule is C#CCN(CC(=O)N[C@@H]1CCCC[C@H]1C)[C@@H]1CCc2ccccc21. The molecule has 3 rings (SSSR count). The van der Waals surface area contributed by atoms with Gasteiger partial charge in [-0.05, 0) is 42.7 Å². The van der Waals surface area contributed by atoms with Crippen LogP contribution in [0.25, 0.3) is 0 Å². The average molecular weight is 324 g/mol. The zero-order valence-electron chi connectivity index (χ0n) is 14.6. The minimum absolute atomic E-state index is 0.119. The fourth-order valence-electron chi connectivity index (χ4n) is 4.28. The molecule has 3 nitrogen and oxygen atoms in total. The number of carbonyl (C=O) groups is 1. The number of aryl methyl sites for hydroxylation is 1. The van der Waals surface area contributed by atoms with E-state index in [1.807, 2.05) is 0 Å². The van der Waals surface area contributed by atoms with Gasteiger partial charge >= 0.3 is 0 Å². The van der Waals surface area contributed by atoms with Crippen LogP contribution in [-0.4, -0.2) is 29.9 Å². The average Bonchev–Trinajstić information content (AvgIpc) is 3.00. The third-order valence-electron chi connectivity index (χ3n) is 5.64. The Hall–Kier alpha value is -1.79. The summed E-state index contributed by atoms with van der Waals surface area (Å²) >= 11 is 0. The van der Waals surface area contributed by atoms with E-state index < -0.39 is 0 Å². The zero-order valence-corrected chi connectivity index (χ0v) is 14.6. The lowest BCUT2D eigenvalue weighted by Crippen LogP contribution is -2.46. The normalized spacial score (nSPS) is 26.0. The van der Waals surface area contributed by atoms with Gasteiger partial charge in [-0.3, -0.25) is 9.69 Å². The summed E-state index contributed by atoms with van der Waals surface area (Å²) in [6.45, 7) is 3.16. The fraction of sp³-hybridized carbons (Fsp3) is 0.571. The molecule has 0 aromatic heterocycles. The summed E-state index contributed by atoms with van der Waals surface area (Å²) in [5.41, 5.74) is 2.73. The maximum Gasteiger partial charge on any atom is 0.234 e. The van der Waals surface area contributed by atoms with Gasteiger partial charge in [-0.2, -0.15) is 0 Å². The molecule has 24 heavy (non-hydrogen) atoms. The van der Waals surface area contributed by atoms with E-state index in [9.17, 15) is 4.79 Å². The molecule has 1 fully saturated rings. The van der Waals surface area contributed by atoms with Gasteiger partial charge in [0.15, 0.2) is 0 Å². The van der Waals surface area contributed by atoms with Gasteiger partial charge in [-0.1, -0.05) is 50.0 Å². The molecule has 2 aliphatic rings. The number of fused-ring (bicyclic) bond motifs is 1. The highest BCUT2D eigenvalue weighted by atomic mass is 16.2. The molecular formula is C21H28N2O. The highest BCUT2D eigenvalue weighted by Crippen LogP contribution is 2.35. The summed E-state index contributed by atoms with van der Waals surface area (Å²) in [5, 5.41) is 3.26. The van der Waals surface area contributed by atoms with Crippen molar-refractivity contribution in [3.05, 3.63) is 35.4 Å². The van der Waals surface area contributed by atoms with Gasteiger partial charge in [0.25, 0.3) is 0 Å². The molecule has 0 heterocycles. The molecule has 2 aliphatic carbocycles. The van der Waals surface area contributed by atoms with E-state index in [2.05, 4.69) is 47.3 Å². The Kier molecular flexibility index (Phi) is 5.58. The number of nitrogens with zero attached hydrogens (tertiary/aromatic N) is 1. The zero-order chi connectivity index (χ0) is 16.9. The summed E-state index contributed by atoms with van der Waals surface area (Å²) in [7, 11) is 0. The highest BCUT2D eigenvalue weighted by molar-refractivity contribution is 5.78. The van der Waals surface area contributed by atoms with Crippen molar-refractivity contribution in [1.82, 2.24) is 10.2 Å². The van der Waals surface area contributed by atoms with E-state index in [1.54, 1.807) is 0 Å². The predicted octanol–water partition coefficient (Wildman–Crippen LogP) is 3.30. The molecule has 0 unspecified atom stereocenters. The van der Waals surface area contributed by atoms with Crippen LogP contribution in [0.3, 0.4) is 0 Å². The first kappa shape index (κ1) is 17.0. The predicted molar refractivity (Wildman–Crippen MR) is 97.5 cm³/mol. The van der Waals surface area contributed by atoms with Crippen LogP contribution in [0.5, 0.6) is 0 Å². The first-order valence-electron chi connectivity index (χ1n) is 9.23. The fourth-order valence-corrected chi connectivity index (χ4v) is 4.28. The first-order chi connectivity index (χ1) is 11.7. The van der Waals surface area contributed by atoms with Crippen molar-refractivity contribution in [1.29, 1.82) is 0 Å². The molecule has 1 aromatic rings. The Morgan fingerprint density at radius 2 is 2.08 bits per heavy atom. The van der Waals surface area contributed by atoms with E-state index >= 15 is 0 Å². The summed E-state index contributed by atoms with van der Waals surface area (Å²) in [5.74, 6) is 3.44. The van der Waals surface area contributed by atoms with E-state index in [1.165, 1.54) is 30.4 Å². The second-order valence-electron chi connectivity index (χ2n) is 7.30. The van der Waals surface area contributed by atoms with Gasteiger partial charge in [0, 0.05) is 12.1 Å². The van der Waals surface area contributed by atoms with Crippen LogP contribution < -0.4 is 5.32 Å². The van der Waals surface area contributed by atoms with Crippen molar-refractivity contribution in [3.63, 3.8) is 0 Å². The molecule has 0 saturated heterocycles. The number of benzene rings is 1.